The lowest BCUT2D eigenvalue weighted by Gasteiger charge is -2.36. The van der Waals surface area contributed by atoms with Crippen molar-refractivity contribution in [2.45, 2.75) is 33.1 Å². The summed E-state index contributed by atoms with van der Waals surface area (Å²) in [5.41, 5.74) is 0.656. The Balaban J connectivity index is 1.55. The molecular formula is C19H22N2O3S2. The van der Waals surface area contributed by atoms with Gasteiger partial charge in [0.2, 0.25) is 10.0 Å². The van der Waals surface area contributed by atoms with Crippen molar-refractivity contribution in [2.24, 2.45) is 16.7 Å². The fraction of sp³-hybridized carbons (Fsp3) is 0.474. The molecule has 2 saturated carbocycles. The molecule has 2 aliphatic carbocycles. The topological polar surface area (TPSA) is 76.1 Å². The third-order valence-corrected chi connectivity index (χ3v) is 8.66. The standard InChI is InChI=1S/C19H22N2O3S2/c1-18(2)14-8-9-19(18,16(22)10-14)12-26(23,24)21-17-20-15(11-25-17)13-6-4-3-5-7-13/h3-7,11,14H,8-10,12H2,1-2H3,(H,20,21)/t14-,19-/m1/s1. The van der Waals surface area contributed by atoms with Crippen LogP contribution in [0, 0.1) is 16.7 Å². The highest BCUT2D eigenvalue weighted by Gasteiger charge is 2.65. The first-order chi connectivity index (χ1) is 12.2. The third-order valence-electron chi connectivity index (χ3n) is 6.39. The predicted octanol–water partition coefficient (Wildman–Crippen LogP) is 3.95. The monoisotopic (exact) mass is 390 g/mol. The lowest BCUT2D eigenvalue weighted by Crippen LogP contribution is -2.43. The average molecular weight is 391 g/mol. The number of anilines is 1. The Bertz CT molecular complexity index is 950. The van der Waals surface area contributed by atoms with Crippen LogP contribution in [-0.4, -0.2) is 24.9 Å². The minimum absolute atomic E-state index is 0.105. The fourth-order valence-corrected chi connectivity index (χ4v) is 7.51. The summed E-state index contributed by atoms with van der Waals surface area (Å²) in [5.74, 6) is 0.255. The molecule has 2 aliphatic rings. The molecule has 1 aromatic heterocycles. The molecule has 0 saturated heterocycles. The van der Waals surface area contributed by atoms with Gasteiger partial charge in [0.1, 0.15) is 5.78 Å². The van der Waals surface area contributed by atoms with Gasteiger partial charge in [-0.25, -0.2) is 13.4 Å². The zero-order chi connectivity index (χ0) is 18.6. The van der Waals surface area contributed by atoms with E-state index >= 15 is 0 Å². The summed E-state index contributed by atoms with van der Waals surface area (Å²) >= 11 is 1.26. The number of Topliss-reactive ketones (excluding diaryl/α,β-unsaturated/α-hetero) is 1. The van der Waals surface area contributed by atoms with E-state index in [0.29, 0.717) is 23.9 Å². The molecule has 2 aromatic rings. The van der Waals surface area contributed by atoms with Crippen molar-refractivity contribution in [3.8, 4) is 11.3 Å². The molecule has 7 heteroatoms. The minimum Gasteiger partial charge on any atom is -0.299 e. The highest BCUT2D eigenvalue weighted by atomic mass is 32.2. The largest absolute Gasteiger partial charge is 0.299 e. The molecule has 0 amide bonds. The van der Waals surface area contributed by atoms with E-state index < -0.39 is 15.4 Å². The lowest BCUT2D eigenvalue weighted by atomic mass is 9.70. The maximum atomic E-state index is 12.8. The van der Waals surface area contributed by atoms with Gasteiger partial charge in [-0.3, -0.25) is 9.52 Å². The number of hydrogen-bond acceptors (Lipinski definition) is 5. The molecule has 26 heavy (non-hydrogen) atoms. The first-order valence-electron chi connectivity index (χ1n) is 8.78. The van der Waals surface area contributed by atoms with Crippen LogP contribution in [-0.2, 0) is 14.8 Å². The molecule has 1 N–H and O–H groups in total. The molecule has 5 nitrogen and oxygen atoms in total. The summed E-state index contributed by atoms with van der Waals surface area (Å²) < 4.78 is 28.2. The van der Waals surface area contributed by atoms with Gasteiger partial charge in [-0.1, -0.05) is 44.2 Å². The number of nitrogens with zero attached hydrogens (tertiary/aromatic N) is 1. The molecule has 0 radical (unpaired) electrons. The number of carbonyl (C=O) groups excluding carboxylic acids is 1. The fourth-order valence-electron chi connectivity index (χ4n) is 4.66. The molecule has 1 aromatic carbocycles. The Morgan fingerprint density at radius 3 is 2.62 bits per heavy atom. The van der Waals surface area contributed by atoms with Crippen LogP contribution in [0.15, 0.2) is 35.7 Å². The highest BCUT2D eigenvalue weighted by molar-refractivity contribution is 7.92. The van der Waals surface area contributed by atoms with Crippen molar-refractivity contribution < 1.29 is 13.2 Å². The summed E-state index contributed by atoms with van der Waals surface area (Å²) in [5, 5.41) is 2.18. The van der Waals surface area contributed by atoms with Crippen LogP contribution in [0.3, 0.4) is 0 Å². The second-order valence-corrected chi connectivity index (χ2v) is 10.5. The number of carbonyl (C=O) groups is 1. The van der Waals surface area contributed by atoms with Crippen LogP contribution in [0.25, 0.3) is 11.3 Å². The average Bonchev–Trinajstić information content (AvgIpc) is 3.18. The molecule has 0 aliphatic heterocycles. The molecule has 0 unspecified atom stereocenters. The molecule has 138 valence electrons. The highest BCUT2D eigenvalue weighted by Crippen LogP contribution is 2.64. The van der Waals surface area contributed by atoms with Gasteiger partial charge in [-0.15, -0.1) is 11.3 Å². The predicted molar refractivity (Wildman–Crippen MR) is 104 cm³/mol. The zero-order valence-corrected chi connectivity index (χ0v) is 16.5. The maximum Gasteiger partial charge on any atom is 0.235 e. The second-order valence-electron chi connectivity index (χ2n) is 7.93. The maximum absolute atomic E-state index is 12.8. The number of ketones is 1. The Morgan fingerprint density at radius 1 is 1.27 bits per heavy atom. The van der Waals surface area contributed by atoms with Crippen LogP contribution >= 0.6 is 11.3 Å². The van der Waals surface area contributed by atoms with E-state index in [1.165, 1.54) is 11.3 Å². The summed E-state index contributed by atoms with van der Waals surface area (Å²) in [6, 6.07) is 9.63. The smallest absolute Gasteiger partial charge is 0.235 e. The van der Waals surface area contributed by atoms with Gasteiger partial charge in [0.25, 0.3) is 0 Å². The van der Waals surface area contributed by atoms with E-state index in [1.807, 2.05) is 49.6 Å². The van der Waals surface area contributed by atoms with Crippen LogP contribution in [0.1, 0.15) is 33.1 Å². The SMILES string of the molecule is CC1(C)[C@@H]2CC[C@@]1(CS(=O)(=O)Nc1nc(-c3ccccc3)cs1)C(=O)C2. The van der Waals surface area contributed by atoms with E-state index in [4.69, 9.17) is 0 Å². The van der Waals surface area contributed by atoms with Gasteiger partial charge in [0.05, 0.1) is 16.9 Å². The molecule has 2 fully saturated rings. The molecule has 1 heterocycles. The molecular weight excluding hydrogens is 368 g/mol. The van der Waals surface area contributed by atoms with Gasteiger partial charge in [-0.05, 0) is 24.2 Å². The second kappa shape index (κ2) is 5.89. The number of sulfonamides is 1. The van der Waals surface area contributed by atoms with Gasteiger partial charge in [-0.2, -0.15) is 0 Å². The number of thiazole rings is 1. The number of benzene rings is 1. The van der Waals surface area contributed by atoms with Crippen molar-refractivity contribution in [1.29, 1.82) is 0 Å². The Kier molecular flexibility index (Phi) is 4.00. The number of rotatable bonds is 5. The van der Waals surface area contributed by atoms with Gasteiger partial charge in [0, 0.05) is 17.4 Å². The Labute approximate surface area is 157 Å². The molecule has 4 rings (SSSR count). The minimum atomic E-state index is -3.66. The normalized spacial score (nSPS) is 27.0. The zero-order valence-electron chi connectivity index (χ0n) is 14.9. The summed E-state index contributed by atoms with van der Waals surface area (Å²) in [4.78, 5) is 17.0. The van der Waals surface area contributed by atoms with Crippen LogP contribution in [0.2, 0.25) is 0 Å². The lowest BCUT2D eigenvalue weighted by molar-refractivity contribution is -0.128. The number of hydrogen-bond donors (Lipinski definition) is 1. The first-order valence-corrected chi connectivity index (χ1v) is 11.3. The van der Waals surface area contributed by atoms with E-state index in [0.717, 1.165) is 17.7 Å². The van der Waals surface area contributed by atoms with E-state index in [-0.39, 0.29) is 17.0 Å². The number of aromatic nitrogens is 1. The molecule has 2 bridgehead atoms. The van der Waals surface area contributed by atoms with E-state index in [9.17, 15) is 13.2 Å². The summed E-state index contributed by atoms with van der Waals surface area (Å²) in [6.07, 6.45) is 2.11. The summed E-state index contributed by atoms with van der Waals surface area (Å²) in [7, 11) is -3.66. The van der Waals surface area contributed by atoms with Crippen molar-refractivity contribution in [2.75, 3.05) is 10.5 Å². The van der Waals surface area contributed by atoms with Crippen LogP contribution < -0.4 is 4.72 Å². The quantitative estimate of drug-likeness (QED) is 0.839. The van der Waals surface area contributed by atoms with Crippen molar-refractivity contribution in [3.05, 3.63) is 35.7 Å². The number of fused-ring (bicyclic) bond motifs is 2. The Morgan fingerprint density at radius 2 is 2.00 bits per heavy atom. The van der Waals surface area contributed by atoms with Crippen molar-refractivity contribution in [3.63, 3.8) is 0 Å². The van der Waals surface area contributed by atoms with Gasteiger partial charge >= 0.3 is 0 Å². The van der Waals surface area contributed by atoms with Crippen molar-refractivity contribution in [1.82, 2.24) is 4.98 Å². The summed E-state index contributed by atoms with van der Waals surface area (Å²) in [6.45, 7) is 4.09. The third kappa shape index (κ3) is 2.68. The first kappa shape index (κ1) is 17.7. The molecule has 2 atom stereocenters. The van der Waals surface area contributed by atoms with E-state index in [1.54, 1.807) is 0 Å². The van der Waals surface area contributed by atoms with Crippen molar-refractivity contribution >= 4 is 32.3 Å². The van der Waals surface area contributed by atoms with Gasteiger partial charge < -0.3 is 0 Å². The van der Waals surface area contributed by atoms with Gasteiger partial charge in [0.15, 0.2) is 5.13 Å². The van der Waals surface area contributed by atoms with Crippen LogP contribution in [0.5, 0.6) is 0 Å². The Hall–Kier alpha value is -1.73. The number of nitrogens with one attached hydrogen (secondary N) is 1. The van der Waals surface area contributed by atoms with Crippen LogP contribution in [0.4, 0.5) is 5.13 Å². The molecule has 0 spiro atoms. The van der Waals surface area contributed by atoms with E-state index in [2.05, 4.69) is 9.71 Å².